The molecule has 0 bridgehead atoms. The van der Waals surface area contributed by atoms with E-state index in [2.05, 4.69) is 19.9 Å². The predicted molar refractivity (Wildman–Crippen MR) is 69.0 cm³/mol. The van der Waals surface area contributed by atoms with Crippen LogP contribution in [0.2, 0.25) is 0 Å². The maximum Gasteiger partial charge on any atom is 0.186 e. The molecule has 0 aliphatic heterocycles. The Morgan fingerprint density at radius 3 is 2.38 bits per heavy atom. The molecule has 1 rings (SSSR count). The minimum absolute atomic E-state index is 0.111. The van der Waals surface area contributed by atoms with Crippen molar-refractivity contribution in [2.75, 3.05) is 0 Å². The van der Waals surface area contributed by atoms with Gasteiger partial charge in [-0.3, -0.25) is 4.79 Å². The van der Waals surface area contributed by atoms with Crippen LogP contribution >= 0.6 is 0 Å². The van der Waals surface area contributed by atoms with Crippen LogP contribution in [0.15, 0.2) is 29.8 Å². The van der Waals surface area contributed by atoms with Gasteiger partial charge in [-0.2, -0.15) is 0 Å². The number of benzene rings is 1. The van der Waals surface area contributed by atoms with Gasteiger partial charge in [0.25, 0.3) is 0 Å². The summed E-state index contributed by atoms with van der Waals surface area (Å²) in [6, 6.07) is 6.14. The third-order valence-electron chi connectivity index (χ3n) is 2.61. The molecule has 0 unspecified atom stereocenters. The molecule has 0 aromatic heterocycles. The van der Waals surface area contributed by atoms with Crippen molar-refractivity contribution in [1.29, 1.82) is 0 Å². The van der Waals surface area contributed by atoms with Crippen molar-refractivity contribution in [3.05, 3.63) is 46.5 Å². The third kappa shape index (κ3) is 3.06. The number of aryl methyl sites for hydroxylation is 1. The third-order valence-corrected chi connectivity index (χ3v) is 2.61. The second-order valence-corrected chi connectivity index (χ2v) is 4.81. The van der Waals surface area contributed by atoms with E-state index in [9.17, 15) is 4.79 Å². The summed E-state index contributed by atoms with van der Waals surface area (Å²) >= 11 is 0. The second kappa shape index (κ2) is 5.11. The molecule has 1 aromatic carbocycles. The minimum Gasteiger partial charge on any atom is -0.289 e. The number of ketones is 1. The van der Waals surface area contributed by atoms with Crippen LogP contribution in [-0.2, 0) is 0 Å². The summed E-state index contributed by atoms with van der Waals surface area (Å²) in [5, 5.41) is 0. The van der Waals surface area contributed by atoms with E-state index in [-0.39, 0.29) is 5.78 Å². The lowest BCUT2D eigenvalue weighted by Crippen LogP contribution is -2.01. The Kier molecular flexibility index (Phi) is 4.05. The predicted octanol–water partition coefficient (Wildman–Crippen LogP) is 4.27. The molecular formula is C15H20O. The summed E-state index contributed by atoms with van der Waals surface area (Å²) in [6.07, 6.45) is 1.70. The van der Waals surface area contributed by atoms with Gasteiger partial charge in [0.2, 0.25) is 0 Å². The van der Waals surface area contributed by atoms with Crippen LogP contribution in [0, 0.1) is 6.92 Å². The Balaban J connectivity index is 3.17. The van der Waals surface area contributed by atoms with Gasteiger partial charge >= 0.3 is 0 Å². The molecule has 0 aliphatic rings. The maximum absolute atomic E-state index is 12.0. The van der Waals surface area contributed by atoms with Gasteiger partial charge in [-0.05, 0) is 50.0 Å². The Hall–Kier alpha value is -1.37. The zero-order valence-electron chi connectivity index (χ0n) is 10.8. The highest BCUT2D eigenvalue weighted by Crippen LogP contribution is 2.19. The molecule has 0 fully saturated rings. The van der Waals surface area contributed by atoms with E-state index in [0.29, 0.717) is 5.92 Å². The molecule has 0 atom stereocenters. The molecule has 0 spiro atoms. The van der Waals surface area contributed by atoms with Crippen LogP contribution in [0.4, 0.5) is 0 Å². The second-order valence-electron chi connectivity index (χ2n) is 4.81. The molecule has 1 aromatic rings. The number of hydrogen-bond acceptors (Lipinski definition) is 1. The van der Waals surface area contributed by atoms with E-state index < -0.39 is 0 Å². The molecule has 0 amide bonds. The Morgan fingerprint density at radius 2 is 1.88 bits per heavy atom. The van der Waals surface area contributed by atoms with Crippen LogP contribution in [0.25, 0.3) is 0 Å². The maximum atomic E-state index is 12.0. The summed E-state index contributed by atoms with van der Waals surface area (Å²) < 4.78 is 0. The molecule has 16 heavy (non-hydrogen) atoms. The monoisotopic (exact) mass is 216 g/mol. The van der Waals surface area contributed by atoms with Crippen molar-refractivity contribution in [3.63, 3.8) is 0 Å². The van der Waals surface area contributed by atoms with Crippen molar-refractivity contribution in [3.8, 4) is 0 Å². The van der Waals surface area contributed by atoms with Crippen molar-refractivity contribution < 1.29 is 4.79 Å². The largest absolute Gasteiger partial charge is 0.289 e. The number of allylic oxidation sites excluding steroid dienone is 2. The highest BCUT2D eigenvalue weighted by atomic mass is 16.1. The number of carbonyl (C=O) groups is 1. The average Bonchev–Trinajstić information content (AvgIpc) is 2.16. The summed E-state index contributed by atoms with van der Waals surface area (Å²) in [7, 11) is 0. The summed E-state index contributed by atoms with van der Waals surface area (Å²) in [6.45, 7) is 10.1. The number of carbonyl (C=O) groups excluding carboxylic acids is 1. The summed E-state index contributed by atoms with van der Waals surface area (Å²) in [5.41, 5.74) is 4.13. The molecular weight excluding hydrogens is 196 g/mol. The van der Waals surface area contributed by atoms with E-state index in [0.717, 1.165) is 16.7 Å². The van der Waals surface area contributed by atoms with Gasteiger partial charge in [-0.1, -0.05) is 31.6 Å². The molecule has 0 N–H and O–H groups in total. The zero-order valence-corrected chi connectivity index (χ0v) is 10.8. The van der Waals surface area contributed by atoms with Gasteiger partial charge in [-0.15, -0.1) is 0 Å². The topological polar surface area (TPSA) is 17.1 Å². The normalized spacial score (nSPS) is 10.4. The highest BCUT2D eigenvalue weighted by Gasteiger charge is 2.08. The van der Waals surface area contributed by atoms with Crippen LogP contribution in [-0.4, -0.2) is 5.78 Å². The van der Waals surface area contributed by atoms with Crippen molar-refractivity contribution in [2.24, 2.45) is 0 Å². The van der Waals surface area contributed by atoms with Crippen LogP contribution in [0.5, 0.6) is 0 Å². The molecule has 0 saturated heterocycles. The summed E-state index contributed by atoms with van der Waals surface area (Å²) in [4.78, 5) is 12.0. The fourth-order valence-corrected chi connectivity index (χ4v) is 1.60. The van der Waals surface area contributed by atoms with Gasteiger partial charge in [-0.25, -0.2) is 0 Å². The molecule has 0 aliphatic carbocycles. The number of rotatable bonds is 3. The van der Waals surface area contributed by atoms with Crippen molar-refractivity contribution in [2.45, 2.75) is 40.5 Å². The first-order valence-electron chi connectivity index (χ1n) is 5.71. The first kappa shape index (κ1) is 12.7. The van der Waals surface area contributed by atoms with Crippen LogP contribution in [0.3, 0.4) is 0 Å². The lowest BCUT2D eigenvalue weighted by Gasteiger charge is -2.09. The van der Waals surface area contributed by atoms with E-state index in [1.165, 1.54) is 5.56 Å². The van der Waals surface area contributed by atoms with E-state index in [4.69, 9.17) is 0 Å². The molecule has 86 valence electrons. The van der Waals surface area contributed by atoms with Gasteiger partial charge in [0.1, 0.15) is 0 Å². The van der Waals surface area contributed by atoms with Gasteiger partial charge in [0, 0.05) is 5.56 Å². The Bertz CT molecular complexity index is 421. The smallest absolute Gasteiger partial charge is 0.186 e. The lowest BCUT2D eigenvalue weighted by atomic mass is 9.95. The summed E-state index contributed by atoms with van der Waals surface area (Å²) in [5.74, 6) is 0.568. The lowest BCUT2D eigenvalue weighted by molar-refractivity contribution is 0.104. The van der Waals surface area contributed by atoms with Gasteiger partial charge < -0.3 is 0 Å². The Labute approximate surface area is 98.2 Å². The zero-order chi connectivity index (χ0) is 12.3. The first-order valence-corrected chi connectivity index (χ1v) is 5.71. The minimum atomic E-state index is 0.111. The standard InChI is InChI=1S/C15H20O/c1-10(2)8-15(16)14-9-13(11(3)4)7-6-12(14)5/h6-9,11H,1-5H3. The van der Waals surface area contributed by atoms with Crippen molar-refractivity contribution in [1.82, 2.24) is 0 Å². The average molecular weight is 216 g/mol. The molecule has 1 heteroatoms. The van der Waals surface area contributed by atoms with E-state index in [1.807, 2.05) is 32.9 Å². The number of hydrogen-bond donors (Lipinski definition) is 0. The van der Waals surface area contributed by atoms with Crippen LogP contribution < -0.4 is 0 Å². The fourth-order valence-electron chi connectivity index (χ4n) is 1.60. The van der Waals surface area contributed by atoms with E-state index >= 15 is 0 Å². The molecule has 1 nitrogen and oxygen atoms in total. The highest BCUT2D eigenvalue weighted by molar-refractivity contribution is 6.06. The van der Waals surface area contributed by atoms with Gasteiger partial charge in [0.05, 0.1) is 0 Å². The van der Waals surface area contributed by atoms with Gasteiger partial charge in [0.15, 0.2) is 5.78 Å². The Morgan fingerprint density at radius 1 is 1.25 bits per heavy atom. The van der Waals surface area contributed by atoms with Crippen LogP contribution in [0.1, 0.15) is 55.1 Å². The fraction of sp³-hybridized carbons (Fsp3) is 0.400. The SMILES string of the molecule is CC(C)=CC(=O)c1cc(C(C)C)ccc1C. The molecule has 0 radical (unpaired) electrons. The quantitative estimate of drug-likeness (QED) is 0.545. The van der Waals surface area contributed by atoms with Crippen molar-refractivity contribution >= 4 is 5.78 Å². The first-order chi connectivity index (χ1) is 7.41. The molecule has 0 heterocycles. The van der Waals surface area contributed by atoms with E-state index in [1.54, 1.807) is 6.08 Å². The molecule has 0 saturated carbocycles.